The Morgan fingerprint density at radius 3 is 2.41 bits per heavy atom. The zero-order valence-electron chi connectivity index (χ0n) is 11.8. The van der Waals surface area contributed by atoms with Crippen LogP contribution in [0.5, 0.6) is 0 Å². The average molecular weight is 323 g/mol. The van der Waals surface area contributed by atoms with Crippen LogP contribution >= 0.6 is 11.8 Å². The molecule has 0 aliphatic heterocycles. The molecule has 1 aromatic heterocycles. The molecule has 2 amide bonds. The van der Waals surface area contributed by atoms with Crippen LogP contribution < -0.4 is 10.6 Å². The van der Waals surface area contributed by atoms with E-state index in [0.717, 1.165) is 11.8 Å². The Balaban J connectivity index is 1.68. The van der Waals surface area contributed by atoms with Crippen LogP contribution in [0, 0.1) is 12.7 Å². The van der Waals surface area contributed by atoms with Crippen LogP contribution in [0.1, 0.15) is 5.76 Å². The Hall–Kier alpha value is -2.35. The lowest BCUT2D eigenvalue weighted by Crippen LogP contribution is -2.18. The smallest absolute Gasteiger partial charge is 0.235 e. The molecule has 116 valence electrons. The number of hydrogen-bond donors (Lipinski definition) is 2. The van der Waals surface area contributed by atoms with Crippen LogP contribution in [0.2, 0.25) is 0 Å². The first-order valence-corrected chi connectivity index (χ1v) is 7.55. The van der Waals surface area contributed by atoms with E-state index in [1.165, 1.54) is 24.3 Å². The first-order valence-electron chi connectivity index (χ1n) is 6.39. The fourth-order valence-corrected chi connectivity index (χ4v) is 2.19. The molecule has 0 saturated heterocycles. The summed E-state index contributed by atoms with van der Waals surface area (Å²) >= 11 is 1.16. The number of nitrogens with one attached hydrogen (secondary N) is 2. The van der Waals surface area contributed by atoms with E-state index < -0.39 is 0 Å². The molecule has 0 spiro atoms. The topological polar surface area (TPSA) is 84.2 Å². The zero-order valence-corrected chi connectivity index (χ0v) is 12.6. The van der Waals surface area contributed by atoms with Crippen LogP contribution in [0.4, 0.5) is 15.9 Å². The molecule has 22 heavy (non-hydrogen) atoms. The molecule has 0 fully saturated rings. The van der Waals surface area contributed by atoms with Gasteiger partial charge in [0.2, 0.25) is 11.8 Å². The van der Waals surface area contributed by atoms with Gasteiger partial charge in [0.25, 0.3) is 0 Å². The standard InChI is InChI=1S/C14H14FN3O3S/c1-9-6-12(18-21-9)17-14(20)8-22-7-13(19)16-11-4-2-10(15)3-5-11/h2-6H,7-8H2,1H3,(H,16,19)(H,17,18,20). The van der Waals surface area contributed by atoms with Gasteiger partial charge in [-0.3, -0.25) is 9.59 Å². The number of aryl methyl sites for hydroxylation is 1. The van der Waals surface area contributed by atoms with Gasteiger partial charge in [-0.1, -0.05) is 5.16 Å². The zero-order chi connectivity index (χ0) is 15.9. The minimum Gasteiger partial charge on any atom is -0.360 e. The van der Waals surface area contributed by atoms with E-state index in [1.54, 1.807) is 13.0 Å². The third-order valence-corrected chi connectivity index (χ3v) is 3.42. The summed E-state index contributed by atoms with van der Waals surface area (Å²) < 4.78 is 17.5. The molecule has 6 nitrogen and oxygen atoms in total. The minimum atomic E-state index is -0.368. The Kier molecular flexibility index (Phi) is 5.54. The molecule has 2 aromatic rings. The second kappa shape index (κ2) is 7.60. The fraction of sp³-hybridized carbons (Fsp3) is 0.214. The molecule has 0 saturated carbocycles. The van der Waals surface area contributed by atoms with E-state index in [9.17, 15) is 14.0 Å². The number of amides is 2. The Labute approximate surface area is 130 Å². The molecular formula is C14H14FN3O3S. The largest absolute Gasteiger partial charge is 0.360 e. The fourth-order valence-electron chi connectivity index (χ4n) is 1.57. The quantitative estimate of drug-likeness (QED) is 0.853. The summed E-state index contributed by atoms with van der Waals surface area (Å²) in [5.41, 5.74) is 0.509. The number of benzene rings is 1. The number of thioether (sulfide) groups is 1. The van der Waals surface area contributed by atoms with Gasteiger partial charge in [-0.25, -0.2) is 4.39 Å². The van der Waals surface area contributed by atoms with Crippen LogP contribution in [-0.2, 0) is 9.59 Å². The number of anilines is 2. The summed E-state index contributed by atoms with van der Waals surface area (Å²) in [6.07, 6.45) is 0. The Morgan fingerprint density at radius 2 is 1.82 bits per heavy atom. The SMILES string of the molecule is Cc1cc(NC(=O)CSCC(=O)Nc2ccc(F)cc2)no1. The van der Waals surface area contributed by atoms with Gasteiger partial charge in [0.15, 0.2) is 5.82 Å². The van der Waals surface area contributed by atoms with Gasteiger partial charge in [0.1, 0.15) is 11.6 Å². The molecule has 0 atom stereocenters. The number of carbonyl (C=O) groups excluding carboxylic acids is 2. The molecule has 0 unspecified atom stereocenters. The van der Waals surface area contributed by atoms with Crippen molar-refractivity contribution >= 4 is 35.1 Å². The predicted octanol–water partition coefficient (Wildman–Crippen LogP) is 2.43. The van der Waals surface area contributed by atoms with Crippen molar-refractivity contribution in [2.45, 2.75) is 6.92 Å². The van der Waals surface area contributed by atoms with Gasteiger partial charge in [-0.15, -0.1) is 11.8 Å². The van der Waals surface area contributed by atoms with Gasteiger partial charge < -0.3 is 15.2 Å². The minimum absolute atomic E-state index is 0.114. The Morgan fingerprint density at radius 1 is 1.18 bits per heavy atom. The molecular weight excluding hydrogens is 309 g/mol. The third kappa shape index (κ3) is 5.21. The summed E-state index contributed by atoms with van der Waals surface area (Å²) in [6.45, 7) is 1.72. The summed E-state index contributed by atoms with van der Waals surface area (Å²) in [4.78, 5) is 23.3. The van der Waals surface area contributed by atoms with Crippen LogP contribution in [-0.4, -0.2) is 28.5 Å². The number of rotatable bonds is 6. The summed E-state index contributed by atoms with van der Waals surface area (Å²) in [5, 5.41) is 8.80. The average Bonchev–Trinajstić information content (AvgIpc) is 2.86. The lowest BCUT2D eigenvalue weighted by molar-refractivity contribution is -0.114. The van der Waals surface area contributed by atoms with Crippen LogP contribution in [0.15, 0.2) is 34.9 Å². The third-order valence-electron chi connectivity index (χ3n) is 2.49. The van der Waals surface area contributed by atoms with Crippen molar-refractivity contribution < 1.29 is 18.5 Å². The van der Waals surface area contributed by atoms with E-state index in [0.29, 0.717) is 17.3 Å². The summed E-state index contributed by atoms with van der Waals surface area (Å²) in [6, 6.07) is 7.06. The highest BCUT2D eigenvalue weighted by atomic mass is 32.2. The molecule has 1 heterocycles. The van der Waals surface area contributed by atoms with Crippen molar-refractivity contribution in [1.82, 2.24) is 5.16 Å². The predicted molar refractivity (Wildman–Crippen MR) is 82.2 cm³/mol. The number of halogens is 1. The highest BCUT2D eigenvalue weighted by Gasteiger charge is 2.08. The van der Waals surface area contributed by atoms with Crippen LogP contribution in [0.3, 0.4) is 0 Å². The maximum atomic E-state index is 12.7. The van der Waals surface area contributed by atoms with Crippen molar-refractivity contribution in [3.05, 3.63) is 41.9 Å². The Bertz CT molecular complexity index is 658. The van der Waals surface area contributed by atoms with Gasteiger partial charge in [-0.05, 0) is 31.2 Å². The normalized spacial score (nSPS) is 10.3. The molecule has 0 bridgehead atoms. The first kappa shape index (κ1) is 16.0. The van der Waals surface area contributed by atoms with Gasteiger partial charge in [0.05, 0.1) is 11.5 Å². The number of nitrogens with zero attached hydrogens (tertiary/aromatic N) is 1. The lowest BCUT2D eigenvalue weighted by Gasteiger charge is -2.05. The summed E-state index contributed by atoms with van der Waals surface area (Å²) in [7, 11) is 0. The molecule has 2 N–H and O–H groups in total. The highest BCUT2D eigenvalue weighted by molar-refractivity contribution is 8.00. The second-order valence-corrected chi connectivity index (χ2v) is 5.40. The maximum Gasteiger partial charge on any atom is 0.235 e. The molecule has 2 rings (SSSR count). The van der Waals surface area contributed by atoms with E-state index in [-0.39, 0.29) is 29.1 Å². The lowest BCUT2D eigenvalue weighted by atomic mass is 10.3. The van der Waals surface area contributed by atoms with Crippen molar-refractivity contribution in [3.63, 3.8) is 0 Å². The van der Waals surface area contributed by atoms with E-state index in [1.807, 2.05) is 0 Å². The number of hydrogen-bond acceptors (Lipinski definition) is 5. The van der Waals surface area contributed by atoms with Crippen molar-refractivity contribution in [2.24, 2.45) is 0 Å². The molecule has 0 aliphatic carbocycles. The molecule has 1 aromatic carbocycles. The second-order valence-electron chi connectivity index (χ2n) is 4.42. The monoisotopic (exact) mass is 323 g/mol. The maximum absolute atomic E-state index is 12.7. The number of aromatic nitrogens is 1. The van der Waals surface area contributed by atoms with E-state index >= 15 is 0 Å². The van der Waals surface area contributed by atoms with Gasteiger partial charge >= 0.3 is 0 Å². The first-order chi connectivity index (χ1) is 10.5. The van der Waals surface area contributed by atoms with Crippen molar-refractivity contribution in [3.8, 4) is 0 Å². The van der Waals surface area contributed by atoms with E-state index in [4.69, 9.17) is 4.52 Å². The van der Waals surface area contributed by atoms with Crippen LogP contribution in [0.25, 0.3) is 0 Å². The van der Waals surface area contributed by atoms with Gasteiger partial charge in [-0.2, -0.15) is 0 Å². The highest BCUT2D eigenvalue weighted by Crippen LogP contribution is 2.11. The molecule has 0 radical (unpaired) electrons. The van der Waals surface area contributed by atoms with Crippen molar-refractivity contribution in [2.75, 3.05) is 22.1 Å². The molecule has 0 aliphatic rings. The van der Waals surface area contributed by atoms with E-state index in [2.05, 4.69) is 15.8 Å². The number of carbonyl (C=O) groups is 2. The molecule has 8 heteroatoms. The van der Waals surface area contributed by atoms with Crippen molar-refractivity contribution in [1.29, 1.82) is 0 Å². The van der Waals surface area contributed by atoms with Gasteiger partial charge in [0, 0.05) is 11.8 Å². The summed E-state index contributed by atoms with van der Waals surface area (Å²) in [5.74, 6) is 0.271.